The van der Waals surface area contributed by atoms with E-state index in [2.05, 4.69) is 5.32 Å². The summed E-state index contributed by atoms with van der Waals surface area (Å²) in [5.74, 6) is 1.28. The fourth-order valence-electron chi connectivity index (χ4n) is 3.09. The van der Waals surface area contributed by atoms with Crippen molar-refractivity contribution < 1.29 is 14.3 Å². The maximum Gasteiger partial charge on any atom is 0.248 e. The van der Waals surface area contributed by atoms with Gasteiger partial charge in [-0.1, -0.05) is 54.6 Å². The van der Waals surface area contributed by atoms with Crippen LogP contribution in [0.4, 0.5) is 5.69 Å². The highest BCUT2D eigenvalue weighted by Gasteiger charge is 2.10. The molecule has 1 amide bonds. The molecule has 0 radical (unpaired) electrons. The third-order valence-electron chi connectivity index (χ3n) is 4.47. The Hall–Kier alpha value is -3.53. The van der Waals surface area contributed by atoms with E-state index >= 15 is 0 Å². The van der Waals surface area contributed by atoms with Crippen molar-refractivity contribution in [1.29, 1.82) is 0 Å². The van der Waals surface area contributed by atoms with E-state index < -0.39 is 0 Å². The minimum Gasteiger partial charge on any atom is -0.490 e. The van der Waals surface area contributed by atoms with Gasteiger partial charge < -0.3 is 14.8 Å². The van der Waals surface area contributed by atoms with Crippen LogP contribution in [0.1, 0.15) is 12.0 Å². The van der Waals surface area contributed by atoms with Gasteiger partial charge in [0.05, 0.1) is 13.2 Å². The summed E-state index contributed by atoms with van der Waals surface area (Å²) in [5.41, 5.74) is 3.71. The molecular formula is C24H21NO3. The molecule has 0 unspecified atom stereocenters. The highest BCUT2D eigenvalue weighted by atomic mass is 16.5. The minimum atomic E-state index is -0.185. The van der Waals surface area contributed by atoms with Crippen molar-refractivity contribution in [2.75, 3.05) is 18.5 Å². The largest absolute Gasteiger partial charge is 0.490 e. The van der Waals surface area contributed by atoms with Gasteiger partial charge in [-0.15, -0.1) is 0 Å². The van der Waals surface area contributed by atoms with Crippen molar-refractivity contribution in [3.05, 3.63) is 84.4 Å². The third kappa shape index (κ3) is 4.23. The van der Waals surface area contributed by atoms with Gasteiger partial charge >= 0.3 is 0 Å². The highest BCUT2D eigenvalue weighted by molar-refractivity contribution is 6.04. The van der Waals surface area contributed by atoms with E-state index in [4.69, 9.17) is 9.47 Å². The van der Waals surface area contributed by atoms with Crippen LogP contribution in [-0.4, -0.2) is 19.1 Å². The van der Waals surface area contributed by atoms with Crippen LogP contribution in [0, 0.1) is 0 Å². The Morgan fingerprint density at radius 1 is 0.857 bits per heavy atom. The van der Waals surface area contributed by atoms with E-state index in [0.29, 0.717) is 13.2 Å². The van der Waals surface area contributed by atoms with Crippen molar-refractivity contribution in [3.8, 4) is 22.6 Å². The number of carbonyl (C=O) groups is 1. The molecule has 0 atom stereocenters. The van der Waals surface area contributed by atoms with Crippen LogP contribution in [0.15, 0.2) is 78.9 Å². The van der Waals surface area contributed by atoms with Crippen LogP contribution in [0.3, 0.4) is 0 Å². The fraction of sp³-hybridized carbons (Fsp3) is 0.125. The molecule has 0 aromatic heterocycles. The van der Waals surface area contributed by atoms with Crippen molar-refractivity contribution in [2.24, 2.45) is 0 Å². The molecule has 0 fully saturated rings. The lowest BCUT2D eigenvalue weighted by Gasteiger charge is -2.10. The zero-order chi connectivity index (χ0) is 19.2. The SMILES string of the molecule is O=C(/C=C/c1ccc2c(c1)OCCCO2)Nc1ccccc1-c1ccccc1. The van der Waals surface area contributed by atoms with Crippen molar-refractivity contribution in [2.45, 2.75) is 6.42 Å². The quantitative estimate of drug-likeness (QED) is 0.644. The number of hydrogen-bond donors (Lipinski definition) is 1. The van der Waals surface area contributed by atoms with Crippen LogP contribution >= 0.6 is 0 Å². The lowest BCUT2D eigenvalue weighted by atomic mass is 10.0. The van der Waals surface area contributed by atoms with Crippen LogP contribution in [-0.2, 0) is 4.79 Å². The molecule has 0 bridgehead atoms. The molecule has 0 saturated carbocycles. The molecule has 4 rings (SSSR count). The van der Waals surface area contributed by atoms with Crippen LogP contribution in [0.2, 0.25) is 0 Å². The van der Waals surface area contributed by atoms with E-state index in [1.807, 2.05) is 72.8 Å². The second-order valence-electron chi connectivity index (χ2n) is 6.49. The first-order valence-corrected chi connectivity index (χ1v) is 9.33. The second kappa shape index (κ2) is 8.44. The Kier molecular flexibility index (Phi) is 5.38. The summed E-state index contributed by atoms with van der Waals surface area (Å²) in [6.45, 7) is 1.29. The Morgan fingerprint density at radius 2 is 1.61 bits per heavy atom. The molecule has 0 saturated heterocycles. The number of para-hydroxylation sites is 1. The van der Waals surface area contributed by atoms with Gasteiger partial charge in [-0.2, -0.15) is 0 Å². The van der Waals surface area contributed by atoms with Gasteiger partial charge in [-0.3, -0.25) is 4.79 Å². The molecule has 4 heteroatoms. The fourth-order valence-corrected chi connectivity index (χ4v) is 3.09. The van der Waals surface area contributed by atoms with E-state index in [1.54, 1.807) is 6.08 Å². The summed E-state index contributed by atoms with van der Waals surface area (Å²) >= 11 is 0. The van der Waals surface area contributed by atoms with Crippen LogP contribution < -0.4 is 14.8 Å². The molecule has 3 aromatic rings. The predicted molar refractivity (Wildman–Crippen MR) is 112 cm³/mol. The Morgan fingerprint density at radius 3 is 2.46 bits per heavy atom. The van der Waals surface area contributed by atoms with Crippen molar-refractivity contribution in [1.82, 2.24) is 0 Å². The zero-order valence-corrected chi connectivity index (χ0v) is 15.4. The van der Waals surface area contributed by atoms with E-state index in [-0.39, 0.29) is 5.91 Å². The first-order chi connectivity index (χ1) is 13.8. The van der Waals surface area contributed by atoms with Crippen molar-refractivity contribution in [3.63, 3.8) is 0 Å². The number of hydrogen-bond acceptors (Lipinski definition) is 3. The standard InChI is InChI=1S/C24H21NO3/c26-24(14-12-18-11-13-22-23(17-18)28-16-6-15-27-22)25-21-10-5-4-9-20(21)19-7-2-1-3-8-19/h1-5,7-14,17H,6,15-16H2,(H,25,26)/b14-12+. The Balaban J connectivity index is 1.49. The molecule has 1 aliphatic heterocycles. The molecule has 0 aliphatic carbocycles. The third-order valence-corrected chi connectivity index (χ3v) is 4.47. The lowest BCUT2D eigenvalue weighted by Crippen LogP contribution is -2.08. The van der Waals surface area contributed by atoms with Gasteiger partial charge in [0, 0.05) is 23.7 Å². The normalized spacial score (nSPS) is 13.1. The first kappa shape index (κ1) is 17.9. The molecule has 1 heterocycles. The monoisotopic (exact) mass is 371 g/mol. The van der Waals surface area contributed by atoms with Gasteiger partial charge in [-0.25, -0.2) is 0 Å². The molecule has 0 spiro atoms. The molecular weight excluding hydrogens is 350 g/mol. The smallest absolute Gasteiger partial charge is 0.248 e. The number of anilines is 1. The summed E-state index contributed by atoms with van der Waals surface area (Å²) in [7, 11) is 0. The topological polar surface area (TPSA) is 47.6 Å². The van der Waals surface area contributed by atoms with E-state index in [0.717, 1.165) is 40.3 Å². The first-order valence-electron chi connectivity index (χ1n) is 9.33. The zero-order valence-electron chi connectivity index (χ0n) is 15.4. The summed E-state index contributed by atoms with van der Waals surface area (Å²) in [4.78, 5) is 12.5. The second-order valence-corrected chi connectivity index (χ2v) is 6.49. The molecule has 28 heavy (non-hydrogen) atoms. The van der Waals surface area contributed by atoms with Gasteiger partial charge in [0.2, 0.25) is 5.91 Å². The molecule has 1 aliphatic rings. The number of benzene rings is 3. The van der Waals surface area contributed by atoms with Gasteiger partial charge in [-0.05, 0) is 35.4 Å². The number of amides is 1. The summed E-state index contributed by atoms with van der Waals surface area (Å²) in [6, 6.07) is 23.5. The highest BCUT2D eigenvalue weighted by Crippen LogP contribution is 2.31. The average Bonchev–Trinajstić information content (AvgIpc) is 2.98. The van der Waals surface area contributed by atoms with E-state index in [9.17, 15) is 4.79 Å². The minimum absolute atomic E-state index is 0.185. The summed E-state index contributed by atoms with van der Waals surface area (Å²) < 4.78 is 11.3. The Labute approximate surface area is 164 Å². The Bertz CT molecular complexity index is 996. The summed E-state index contributed by atoms with van der Waals surface area (Å²) in [6.07, 6.45) is 4.17. The van der Waals surface area contributed by atoms with Crippen LogP contribution in [0.25, 0.3) is 17.2 Å². The molecule has 140 valence electrons. The number of ether oxygens (including phenoxy) is 2. The molecule has 1 N–H and O–H groups in total. The average molecular weight is 371 g/mol. The van der Waals surface area contributed by atoms with E-state index in [1.165, 1.54) is 6.08 Å². The number of carbonyl (C=O) groups excluding carboxylic acids is 1. The maximum atomic E-state index is 12.5. The van der Waals surface area contributed by atoms with Gasteiger partial charge in [0.1, 0.15) is 0 Å². The van der Waals surface area contributed by atoms with Crippen molar-refractivity contribution >= 4 is 17.7 Å². The lowest BCUT2D eigenvalue weighted by molar-refractivity contribution is -0.111. The van der Waals surface area contributed by atoms with Gasteiger partial charge in [0.15, 0.2) is 11.5 Å². The summed E-state index contributed by atoms with van der Waals surface area (Å²) in [5, 5.41) is 2.97. The molecule has 3 aromatic carbocycles. The number of fused-ring (bicyclic) bond motifs is 1. The maximum absolute atomic E-state index is 12.5. The molecule has 4 nitrogen and oxygen atoms in total. The predicted octanol–water partition coefficient (Wildman–Crippen LogP) is 5.17. The van der Waals surface area contributed by atoms with Crippen LogP contribution in [0.5, 0.6) is 11.5 Å². The van der Waals surface area contributed by atoms with Gasteiger partial charge in [0.25, 0.3) is 0 Å². The number of nitrogens with one attached hydrogen (secondary N) is 1. The number of rotatable bonds is 4.